The zero-order valence-electron chi connectivity index (χ0n) is 39.1. The van der Waals surface area contributed by atoms with Crippen LogP contribution in [0.5, 0.6) is 0 Å². The third kappa shape index (κ3) is 42.3. The fourth-order valence-corrected chi connectivity index (χ4v) is 7.60. The summed E-state index contributed by atoms with van der Waals surface area (Å²) in [6.45, 7) is 6.33. The maximum Gasteiger partial charge on any atom is 0.306 e. The molecule has 0 saturated carbocycles. The Balaban J connectivity index is 4.51. The quantitative estimate of drug-likeness (QED) is 0.0246. The molecular formula is C53H97NO5. The second kappa shape index (κ2) is 46.9. The molecule has 6 heteroatoms. The lowest BCUT2D eigenvalue weighted by Gasteiger charge is -2.24. The van der Waals surface area contributed by atoms with Crippen molar-refractivity contribution in [2.24, 2.45) is 0 Å². The van der Waals surface area contributed by atoms with Crippen molar-refractivity contribution in [2.45, 2.75) is 270 Å². The third-order valence-electron chi connectivity index (χ3n) is 11.5. The highest BCUT2D eigenvalue weighted by molar-refractivity contribution is 5.77. The molecule has 59 heavy (non-hydrogen) atoms. The highest BCUT2D eigenvalue weighted by Gasteiger charge is 2.24. The Labute approximate surface area is 366 Å². The van der Waals surface area contributed by atoms with E-state index in [0.717, 1.165) is 83.5 Å². The van der Waals surface area contributed by atoms with Gasteiger partial charge in [-0.15, -0.1) is 0 Å². The number of unbranched alkanes of at least 4 members (excludes halogenated alkanes) is 27. The van der Waals surface area contributed by atoms with Gasteiger partial charge in [-0.2, -0.15) is 0 Å². The summed E-state index contributed by atoms with van der Waals surface area (Å²) < 4.78 is 5.91. The van der Waals surface area contributed by atoms with E-state index in [1.165, 1.54) is 122 Å². The van der Waals surface area contributed by atoms with Gasteiger partial charge < -0.3 is 20.3 Å². The number of ether oxygens (including phenoxy) is 1. The van der Waals surface area contributed by atoms with Crippen molar-refractivity contribution in [3.05, 3.63) is 48.6 Å². The van der Waals surface area contributed by atoms with Crippen LogP contribution < -0.4 is 5.32 Å². The summed E-state index contributed by atoms with van der Waals surface area (Å²) in [4.78, 5) is 26.1. The van der Waals surface area contributed by atoms with E-state index in [1.54, 1.807) is 0 Å². The number of nitrogens with one attached hydrogen (secondary N) is 1. The Hall–Kier alpha value is -2.18. The summed E-state index contributed by atoms with van der Waals surface area (Å²) in [5, 5.41) is 23.7. The van der Waals surface area contributed by atoms with Crippen LogP contribution in [-0.4, -0.2) is 46.9 Å². The van der Waals surface area contributed by atoms with Gasteiger partial charge in [0.2, 0.25) is 5.91 Å². The van der Waals surface area contributed by atoms with Crippen LogP contribution in [0.4, 0.5) is 0 Å². The molecule has 0 bridgehead atoms. The summed E-state index contributed by atoms with van der Waals surface area (Å²) in [6, 6.07) is -0.707. The fraction of sp³-hybridized carbons (Fsp3) is 0.811. The van der Waals surface area contributed by atoms with Gasteiger partial charge >= 0.3 is 5.97 Å². The number of hydrogen-bond donors (Lipinski definition) is 3. The van der Waals surface area contributed by atoms with Crippen molar-refractivity contribution in [3.63, 3.8) is 0 Å². The lowest BCUT2D eigenvalue weighted by molar-refractivity contribution is -0.151. The molecule has 3 unspecified atom stereocenters. The van der Waals surface area contributed by atoms with Crippen LogP contribution in [0.1, 0.15) is 252 Å². The number of aliphatic hydroxyl groups is 2. The normalized spacial score (nSPS) is 13.6. The maximum atomic E-state index is 13.2. The zero-order chi connectivity index (χ0) is 43.1. The van der Waals surface area contributed by atoms with Crippen LogP contribution in [-0.2, 0) is 14.3 Å². The molecule has 0 rings (SSSR count). The third-order valence-corrected chi connectivity index (χ3v) is 11.5. The second-order valence-corrected chi connectivity index (χ2v) is 17.2. The largest absolute Gasteiger partial charge is 0.462 e. The average molecular weight is 828 g/mol. The number of carbonyl (C=O) groups excluding carboxylic acids is 2. The van der Waals surface area contributed by atoms with Gasteiger partial charge in [-0.05, 0) is 70.6 Å². The Morgan fingerprint density at radius 3 is 1.47 bits per heavy atom. The molecule has 0 aromatic carbocycles. The number of allylic oxidation sites excluding steroid dienone is 8. The van der Waals surface area contributed by atoms with Crippen LogP contribution in [0, 0.1) is 0 Å². The molecule has 0 aromatic heterocycles. The summed E-state index contributed by atoms with van der Waals surface area (Å²) in [5.41, 5.74) is 0. The first-order valence-electron chi connectivity index (χ1n) is 25.4. The van der Waals surface area contributed by atoms with Gasteiger partial charge in [0, 0.05) is 6.42 Å². The first kappa shape index (κ1) is 56.8. The van der Waals surface area contributed by atoms with E-state index in [0.29, 0.717) is 19.3 Å². The molecule has 0 aliphatic heterocycles. The summed E-state index contributed by atoms with van der Waals surface area (Å²) in [5.74, 6) is -0.501. The highest BCUT2D eigenvalue weighted by atomic mass is 16.5. The van der Waals surface area contributed by atoms with Gasteiger partial charge in [0.1, 0.15) is 6.10 Å². The van der Waals surface area contributed by atoms with Crippen molar-refractivity contribution < 1.29 is 24.5 Å². The molecule has 0 aliphatic carbocycles. The summed E-state index contributed by atoms with van der Waals surface area (Å²) in [6.07, 6.45) is 56.0. The minimum Gasteiger partial charge on any atom is -0.462 e. The van der Waals surface area contributed by atoms with Crippen molar-refractivity contribution in [2.75, 3.05) is 6.61 Å². The molecule has 0 aliphatic rings. The number of rotatable bonds is 45. The molecule has 6 nitrogen and oxygen atoms in total. The molecule has 0 radical (unpaired) electrons. The summed E-state index contributed by atoms with van der Waals surface area (Å²) in [7, 11) is 0. The van der Waals surface area contributed by atoms with E-state index < -0.39 is 18.2 Å². The molecule has 0 heterocycles. The van der Waals surface area contributed by atoms with Gasteiger partial charge in [0.15, 0.2) is 0 Å². The van der Waals surface area contributed by atoms with Gasteiger partial charge in [-0.1, -0.05) is 217 Å². The predicted octanol–water partition coefficient (Wildman–Crippen LogP) is 15.1. The van der Waals surface area contributed by atoms with Crippen molar-refractivity contribution in [3.8, 4) is 0 Å². The molecular weight excluding hydrogens is 731 g/mol. The van der Waals surface area contributed by atoms with Crippen LogP contribution in [0.2, 0.25) is 0 Å². The van der Waals surface area contributed by atoms with E-state index in [2.05, 4.69) is 74.7 Å². The Morgan fingerprint density at radius 2 is 0.932 bits per heavy atom. The van der Waals surface area contributed by atoms with Crippen LogP contribution in [0.3, 0.4) is 0 Å². The maximum absolute atomic E-state index is 13.2. The second-order valence-electron chi connectivity index (χ2n) is 17.2. The van der Waals surface area contributed by atoms with Gasteiger partial charge in [-0.3, -0.25) is 9.59 Å². The van der Waals surface area contributed by atoms with Gasteiger partial charge in [-0.25, -0.2) is 0 Å². The number of amides is 1. The predicted molar refractivity (Wildman–Crippen MR) is 255 cm³/mol. The Bertz CT molecular complexity index is 1020. The van der Waals surface area contributed by atoms with Crippen molar-refractivity contribution in [1.82, 2.24) is 5.32 Å². The lowest BCUT2D eigenvalue weighted by Crippen LogP contribution is -2.46. The molecule has 0 aromatic rings. The van der Waals surface area contributed by atoms with E-state index in [-0.39, 0.29) is 24.9 Å². The Kier molecular flexibility index (Phi) is 45.1. The van der Waals surface area contributed by atoms with Crippen molar-refractivity contribution in [1.29, 1.82) is 0 Å². The van der Waals surface area contributed by atoms with Crippen molar-refractivity contribution >= 4 is 11.9 Å². The minimum atomic E-state index is -0.792. The Morgan fingerprint density at radius 1 is 0.508 bits per heavy atom. The number of carbonyl (C=O) groups is 2. The van der Waals surface area contributed by atoms with E-state index in [9.17, 15) is 19.8 Å². The lowest BCUT2D eigenvalue weighted by atomic mass is 10.0. The molecule has 0 spiro atoms. The van der Waals surface area contributed by atoms with Crippen LogP contribution in [0.15, 0.2) is 48.6 Å². The number of aliphatic hydroxyl groups excluding tert-OH is 2. The molecule has 1 amide bonds. The van der Waals surface area contributed by atoms with Gasteiger partial charge in [0.25, 0.3) is 0 Å². The average Bonchev–Trinajstić information content (AvgIpc) is 3.23. The number of esters is 1. The zero-order valence-corrected chi connectivity index (χ0v) is 39.1. The summed E-state index contributed by atoms with van der Waals surface area (Å²) >= 11 is 0. The smallest absolute Gasteiger partial charge is 0.306 e. The number of hydrogen-bond acceptors (Lipinski definition) is 5. The highest BCUT2D eigenvalue weighted by Crippen LogP contribution is 2.18. The van der Waals surface area contributed by atoms with Gasteiger partial charge in [0.05, 0.1) is 25.2 Å². The molecule has 3 N–H and O–H groups in total. The fourth-order valence-electron chi connectivity index (χ4n) is 7.60. The van der Waals surface area contributed by atoms with E-state index in [1.807, 2.05) is 0 Å². The SMILES string of the molecule is CC/C=C/C=C/C=C/CCCCCCCCCC(=O)OC(CCCCC/C=C\CCCCC)CC(=O)NC(CO)C(O)CCCCCCCCCCCCCCCCC. The van der Waals surface area contributed by atoms with E-state index in [4.69, 9.17) is 4.74 Å². The molecule has 0 fully saturated rings. The van der Waals surface area contributed by atoms with Crippen LogP contribution >= 0.6 is 0 Å². The monoisotopic (exact) mass is 828 g/mol. The topological polar surface area (TPSA) is 95.9 Å². The minimum absolute atomic E-state index is 0.0621. The molecule has 0 saturated heterocycles. The van der Waals surface area contributed by atoms with Crippen LogP contribution in [0.25, 0.3) is 0 Å². The standard InChI is InChI=1S/C53H97NO5/c1-4-7-10-13-16-19-22-24-26-28-30-33-36-39-42-45-51(56)50(48-55)54-52(57)47-49(44-41-38-35-32-21-18-15-12-9-6-3)59-53(58)46-43-40-37-34-31-29-27-25-23-20-17-14-11-8-5-2/h8,11,14,17-18,20-21,23,49-51,55-56H,4-7,9-10,12-13,15-16,19,22,24-48H2,1-3H3,(H,54,57)/b11-8+,17-14+,21-18-,23-20+. The first-order chi connectivity index (χ1) is 29.0. The molecule has 3 atom stereocenters. The molecule has 344 valence electrons. The van der Waals surface area contributed by atoms with E-state index >= 15 is 0 Å². The first-order valence-corrected chi connectivity index (χ1v) is 25.4.